The van der Waals surface area contributed by atoms with Crippen LogP contribution in [0.15, 0.2) is 18.2 Å². The van der Waals surface area contributed by atoms with Crippen molar-refractivity contribution < 1.29 is 9.72 Å². The van der Waals surface area contributed by atoms with Gasteiger partial charge in [0.25, 0.3) is 11.6 Å². The third-order valence-electron chi connectivity index (χ3n) is 5.42. The van der Waals surface area contributed by atoms with Crippen molar-refractivity contribution in [3.05, 3.63) is 33.9 Å². The third-order valence-corrected chi connectivity index (χ3v) is 5.42. The summed E-state index contributed by atoms with van der Waals surface area (Å²) < 4.78 is 0. The number of nitro benzene ring substituents is 1. The van der Waals surface area contributed by atoms with E-state index in [0.717, 1.165) is 25.7 Å². The molecule has 0 bridgehead atoms. The standard InChI is InChI=1S/C18H25N3O3/c1-11-4-3-5-15(12(11)2)20-18(22)13-6-9-16(19-14-7-8-14)17(10-13)21(23)24/h6,9-12,14-15,19H,3-5,7-8H2,1-2H3,(H,20,22)/t11-,12-,15+/m1/s1. The Morgan fingerprint density at radius 3 is 2.62 bits per heavy atom. The fourth-order valence-electron chi connectivity index (χ4n) is 3.43. The lowest BCUT2D eigenvalue weighted by Crippen LogP contribution is -2.43. The van der Waals surface area contributed by atoms with Gasteiger partial charge in [0.2, 0.25) is 0 Å². The summed E-state index contributed by atoms with van der Waals surface area (Å²) in [5.41, 5.74) is 0.826. The van der Waals surface area contributed by atoms with E-state index in [4.69, 9.17) is 0 Å². The van der Waals surface area contributed by atoms with Gasteiger partial charge in [-0.15, -0.1) is 0 Å². The molecule has 0 aromatic heterocycles. The molecule has 3 rings (SSSR count). The molecule has 2 fully saturated rings. The number of nitrogens with one attached hydrogen (secondary N) is 2. The van der Waals surface area contributed by atoms with Crippen LogP contribution in [-0.4, -0.2) is 22.9 Å². The van der Waals surface area contributed by atoms with Crippen molar-refractivity contribution >= 4 is 17.3 Å². The lowest BCUT2D eigenvalue weighted by atomic mass is 9.78. The van der Waals surface area contributed by atoms with E-state index in [1.807, 2.05) is 0 Å². The smallest absolute Gasteiger partial charge is 0.293 e. The zero-order valence-corrected chi connectivity index (χ0v) is 14.2. The lowest BCUT2D eigenvalue weighted by molar-refractivity contribution is -0.384. The Hall–Kier alpha value is -2.11. The van der Waals surface area contributed by atoms with E-state index >= 15 is 0 Å². The maximum Gasteiger partial charge on any atom is 0.293 e. The van der Waals surface area contributed by atoms with Crippen LogP contribution >= 0.6 is 0 Å². The number of hydrogen-bond donors (Lipinski definition) is 2. The minimum atomic E-state index is -0.424. The Bertz CT molecular complexity index is 642. The predicted octanol–water partition coefficient (Wildman–Crippen LogP) is 3.72. The lowest BCUT2D eigenvalue weighted by Gasteiger charge is -2.34. The molecule has 0 spiro atoms. The molecule has 1 aromatic rings. The maximum absolute atomic E-state index is 12.5. The van der Waals surface area contributed by atoms with E-state index in [1.165, 1.54) is 12.5 Å². The summed E-state index contributed by atoms with van der Waals surface area (Å²) in [5.74, 6) is 0.791. The summed E-state index contributed by atoms with van der Waals surface area (Å²) in [6.45, 7) is 4.38. The first-order chi connectivity index (χ1) is 11.5. The number of rotatable bonds is 5. The van der Waals surface area contributed by atoms with E-state index in [9.17, 15) is 14.9 Å². The minimum Gasteiger partial charge on any atom is -0.377 e. The number of benzene rings is 1. The number of amides is 1. The molecule has 1 aromatic carbocycles. The van der Waals surface area contributed by atoms with Crippen molar-refractivity contribution in [3.63, 3.8) is 0 Å². The SMILES string of the molecule is C[C@@H]1[C@H](C)CCC[C@@H]1NC(=O)c1ccc(NC2CC2)c([N+](=O)[O-])c1. The van der Waals surface area contributed by atoms with Gasteiger partial charge in [0.05, 0.1) is 4.92 Å². The van der Waals surface area contributed by atoms with Gasteiger partial charge >= 0.3 is 0 Å². The van der Waals surface area contributed by atoms with Crippen molar-refractivity contribution in [1.29, 1.82) is 0 Å². The molecule has 2 aliphatic rings. The van der Waals surface area contributed by atoms with Gasteiger partial charge in [0, 0.05) is 23.7 Å². The van der Waals surface area contributed by atoms with E-state index in [2.05, 4.69) is 24.5 Å². The fourth-order valence-corrected chi connectivity index (χ4v) is 3.43. The first kappa shape index (κ1) is 16.7. The van der Waals surface area contributed by atoms with Gasteiger partial charge in [-0.3, -0.25) is 14.9 Å². The minimum absolute atomic E-state index is 0.0281. The molecule has 1 amide bonds. The van der Waals surface area contributed by atoms with Crippen LogP contribution in [0.1, 0.15) is 56.3 Å². The zero-order chi connectivity index (χ0) is 17.3. The Balaban J connectivity index is 1.74. The number of carbonyl (C=O) groups excluding carboxylic acids is 1. The van der Waals surface area contributed by atoms with E-state index in [-0.39, 0.29) is 17.6 Å². The fraction of sp³-hybridized carbons (Fsp3) is 0.611. The average Bonchev–Trinajstić information content (AvgIpc) is 3.36. The van der Waals surface area contributed by atoms with Crippen LogP contribution in [0, 0.1) is 22.0 Å². The Kier molecular flexibility index (Phi) is 4.73. The van der Waals surface area contributed by atoms with Crippen molar-refractivity contribution in [2.75, 3.05) is 5.32 Å². The van der Waals surface area contributed by atoms with Gasteiger partial charge in [0.15, 0.2) is 0 Å². The van der Waals surface area contributed by atoms with Gasteiger partial charge in [0.1, 0.15) is 5.69 Å². The van der Waals surface area contributed by atoms with Gasteiger partial charge in [-0.25, -0.2) is 0 Å². The molecule has 3 atom stereocenters. The number of hydrogen-bond acceptors (Lipinski definition) is 4. The van der Waals surface area contributed by atoms with Crippen molar-refractivity contribution in [3.8, 4) is 0 Å². The number of nitro groups is 1. The molecule has 6 nitrogen and oxygen atoms in total. The highest BCUT2D eigenvalue weighted by Gasteiger charge is 2.29. The van der Waals surface area contributed by atoms with Crippen LogP contribution in [0.5, 0.6) is 0 Å². The summed E-state index contributed by atoms with van der Waals surface area (Å²) in [4.78, 5) is 23.4. The number of nitrogens with zero attached hydrogens (tertiary/aromatic N) is 1. The Morgan fingerprint density at radius 1 is 1.21 bits per heavy atom. The molecule has 2 saturated carbocycles. The summed E-state index contributed by atoms with van der Waals surface area (Å²) >= 11 is 0. The molecule has 0 heterocycles. The van der Waals surface area contributed by atoms with E-state index in [1.54, 1.807) is 12.1 Å². The highest BCUT2D eigenvalue weighted by molar-refractivity contribution is 5.96. The topological polar surface area (TPSA) is 84.3 Å². The third kappa shape index (κ3) is 3.68. The monoisotopic (exact) mass is 331 g/mol. The maximum atomic E-state index is 12.5. The molecule has 0 radical (unpaired) electrons. The first-order valence-electron chi connectivity index (χ1n) is 8.81. The Labute approximate surface area is 142 Å². The normalized spacial score (nSPS) is 26.7. The van der Waals surface area contributed by atoms with Crippen LogP contribution < -0.4 is 10.6 Å². The quantitative estimate of drug-likeness (QED) is 0.636. The summed E-state index contributed by atoms with van der Waals surface area (Å²) in [7, 11) is 0. The molecule has 0 unspecified atom stereocenters. The summed E-state index contributed by atoms with van der Waals surface area (Å²) in [6.07, 6.45) is 5.36. The second kappa shape index (κ2) is 6.79. The van der Waals surface area contributed by atoms with Crippen LogP contribution in [0.3, 0.4) is 0 Å². The molecule has 0 saturated heterocycles. The first-order valence-corrected chi connectivity index (χ1v) is 8.81. The van der Waals surface area contributed by atoms with Gasteiger partial charge < -0.3 is 10.6 Å². The van der Waals surface area contributed by atoms with Crippen molar-refractivity contribution in [2.24, 2.45) is 11.8 Å². The second-order valence-corrected chi connectivity index (χ2v) is 7.25. The molecule has 24 heavy (non-hydrogen) atoms. The highest BCUT2D eigenvalue weighted by atomic mass is 16.6. The molecular formula is C18H25N3O3. The van der Waals surface area contributed by atoms with E-state index in [0.29, 0.717) is 29.1 Å². The van der Waals surface area contributed by atoms with Gasteiger partial charge in [-0.05, 0) is 43.2 Å². The number of anilines is 1. The van der Waals surface area contributed by atoms with Crippen molar-refractivity contribution in [2.45, 2.75) is 58.0 Å². The van der Waals surface area contributed by atoms with Crippen LogP contribution in [0.2, 0.25) is 0 Å². The number of carbonyl (C=O) groups is 1. The van der Waals surface area contributed by atoms with Crippen LogP contribution in [0.25, 0.3) is 0 Å². The molecule has 0 aliphatic heterocycles. The van der Waals surface area contributed by atoms with Gasteiger partial charge in [-0.1, -0.05) is 26.7 Å². The molecule has 130 valence electrons. The van der Waals surface area contributed by atoms with Crippen LogP contribution in [0.4, 0.5) is 11.4 Å². The highest BCUT2D eigenvalue weighted by Crippen LogP contribution is 2.32. The molecular weight excluding hydrogens is 306 g/mol. The summed E-state index contributed by atoms with van der Waals surface area (Å²) in [5, 5.41) is 17.5. The molecule has 2 aliphatic carbocycles. The van der Waals surface area contributed by atoms with Crippen molar-refractivity contribution in [1.82, 2.24) is 5.32 Å². The largest absolute Gasteiger partial charge is 0.377 e. The Morgan fingerprint density at radius 2 is 1.96 bits per heavy atom. The van der Waals surface area contributed by atoms with Gasteiger partial charge in [-0.2, -0.15) is 0 Å². The van der Waals surface area contributed by atoms with Crippen LogP contribution in [-0.2, 0) is 0 Å². The average molecular weight is 331 g/mol. The summed E-state index contributed by atoms with van der Waals surface area (Å²) in [6, 6.07) is 5.18. The zero-order valence-electron chi connectivity index (χ0n) is 14.2. The molecule has 6 heteroatoms. The molecule has 2 N–H and O–H groups in total. The predicted molar refractivity (Wildman–Crippen MR) is 93.2 cm³/mol. The second-order valence-electron chi connectivity index (χ2n) is 7.25. The van der Waals surface area contributed by atoms with E-state index < -0.39 is 4.92 Å².